The molecule has 7 rings (SSSR count). The van der Waals surface area contributed by atoms with Gasteiger partial charge in [0.05, 0.1) is 47.0 Å². The van der Waals surface area contributed by atoms with Crippen LogP contribution < -0.4 is 5.32 Å². The zero-order chi connectivity index (χ0) is 27.8. The highest BCUT2D eigenvalue weighted by molar-refractivity contribution is 6.06. The second-order valence-electron chi connectivity index (χ2n) is 9.92. The number of nitrogens with one attached hydrogen (secondary N) is 1. The lowest BCUT2D eigenvalue weighted by Gasteiger charge is -2.10. The molecule has 198 valence electrons. The molecule has 0 radical (unpaired) electrons. The predicted octanol–water partition coefficient (Wildman–Crippen LogP) is 6.06. The maximum Gasteiger partial charge on any atom is 0.252 e. The molecule has 0 fully saturated rings. The van der Waals surface area contributed by atoms with Gasteiger partial charge in [-0.05, 0) is 54.1 Å². The van der Waals surface area contributed by atoms with Crippen LogP contribution in [0.4, 0.5) is 0 Å². The van der Waals surface area contributed by atoms with Crippen molar-refractivity contribution in [2.45, 2.75) is 13.5 Å². The predicted molar refractivity (Wildman–Crippen MR) is 159 cm³/mol. The second-order valence-corrected chi connectivity index (χ2v) is 9.92. The largest absolute Gasteiger partial charge is 0.346 e. The standard InChI is InChI=1S/C33H25N7O/c1-22-11-15-28(16-12-22)40-32-30(20-35-40)29(18-31(36-32)25-14-13-23-7-5-6-8-24(23)17-25)33(41)34-19-26-21-39(38-37-26)27-9-3-2-4-10-27/h2-18,20-21H,19H2,1H3,(H,34,41). The van der Waals surface area contributed by atoms with E-state index in [-0.39, 0.29) is 12.5 Å². The van der Waals surface area contributed by atoms with E-state index < -0.39 is 0 Å². The van der Waals surface area contributed by atoms with Crippen LogP contribution in [0.25, 0.3) is 44.4 Å². The van der Waals surface area contributed by atoms with Crippen molar-refractivity contribution >= 4 is 27.7 Å². The maximum absolute atomic E-state index is 13.7. The van der Waals surface area contributed by atoms with Gasteiger partial charge in [-0.15, -0.1) is 5.10 Å². The summed E-state index contributed by atoms with van der Waals surface area (Å²) in [5.74, 6) is -0.239. The molecular weight excluding hydrogens is 510 g/mol. The van der Waals surface area contributed by atoms with Crippen molar-refractivity contribution < 1.29 is 4.79 Å². The van der Waals surface area contributed by atoms with Crippen LogP contribution in [-0.4, -0.2) is 35.7 Å². The Morgan fingerprint density at radius 2 is 1.61 bits per heavy atom. The van der Waals surface area contributed by atoms with Crippen molar-refractivity contribution in [1.82, 2.24) is 35.1 Å². The molecule has 41 heavy (non-hydrogen) atoms. The Hall–Kier alpha value is -5.63. The van der Waals surface area contributed by atoms with Crippen molar-refractivity contribution in [3.63, 3.8) is 0 Å². The molecular formula is C33H25N7O. The van der Waals surface area contributed by atoms with E-state index in [0.717, 1.165) is 33.3 Å². The molecule has 1 amide bonds. The molecule has 0 aliphatic carbocycles. The third-order valence-corrected chi connectivity index (χ3v) is 7.10. The third-order valence-electron chi connectivity index (χ3n) is 7.10. The van der Waals surface area contributed by atoms with Crippen LogP contribution in [0.5, 0.6) is 0 Å². The topological polar surface area (TPSA) is 90.5 Å². The number of hydrogen-bond donors (Lipinski definition) is 1. The molecule has 3 heterocycles. The van der Waals surface area contributed by atoms with E-state index in [9.17, 15) is 4.79 Å². The summed E-state index contributed by atoms with van der Waals surface area (Å²) >= 11 is 0. The van der Waals surface area contributed by atoms with Crippen LogP contribution in [0.1, 0.15) is 21.6 Å². The number of aryl methyl sites for hydroxylation is 1. The van der Waals surface area contributed by atoms with Crippen LogP contribution in [0.2, 0.25) is 0 Å². The molecule has 4 aromatic carbocycles. The van der Waals surface area contributed by atoms with Gasteiger partial charge in [-0.1, -0.05) is 77.5 Å². The highest BCUT2D eigenvalue weighted by Crippen LogP contribution is 2.29. The van der Waals surface area contributed by atoms with Gasteiger partial charge in [-0.2, -0.15) is 5.10 Å². The van der Waals surface area contributed by atoms with Crippen molar-refractivity contribution in [3.8, 4) is 22.6 Å². The molecule has 8 nitrogen and oxygen atoms in total. The van der Waals surface area contributed by atoms with Gasteiger partial charge in [0, 0.05) is 5.56 Å². The molecule has 0 saturated heterocycles. The smallest absolute Gasteiger partial charge is 0.252 e. The van der Waals surface area contributed by atoms with Crippen molar-refractivity contribution in [2.75, 3.05) is 0 Å². The molecule has 0 spiro atoms. The van der Waals surface area contributed by atoms with Crippen molar-refractivity contribution in [1.29, 1.82) is 0 Å². The number of rotatable bonds is 6. The molecule has 0 bridgehead atoms. The summed E-state index contributed by atoms with van der Waals surface area (Å²) in [6.07, 6.45) is 3.51. The maximum atomic E-state index is 13.7. The highest BCUT2D eigenvalue weighted by Gasteiger charge is 2.19. The first-order chi connectivity index (χ1) is 20.1. The average molecular weight is 536 g/mol. The molecule has 1 N–H and O–H groups in total. The van der Waals surface area contributed by atoms with Gasteiger partial charge in [0.25, 0.3) is 5.91 Å². The van der Waals surface area contributed by atoms with Crippen LogP contribution in [-0.2, 0) is 6.54 Å². The zero-order valence-electron chi connectivity index (χ0n) is 22.3. The van der Waals surface area contributed by atoms with E-state index in [2.05, 4.69) is 45.0 Å². The highest BCUT2D eigenvalue weighted by atomic mass is 16.1. The lowest BCUT2D eigenvalue weighted by atomic mass is 10.0. The molecule has 0 aliphatic heterocycles. The van der Waals surface area contributed by atoms with Crippen LogP contribution in [0, 0.1) is 6.92 Å². The first-order valence-corrected chi connectivity index (χ1v) is 13.3. The molecule has 0 saturated carbocycles. The van der Waals surface area contributed by atoms with E-state index in [1.807, 2.05) is 92.0 Å². The summed E-state index contributed by atoms with van der Waals surface area (Å²) in [4.78, 5) is 18.7. The Kier molecular flexibility index (Phi) is 6.05. The number of fused-ring (bicyclic) bond motifs is 2. The molecule has 0 unspecified atom stereocenters. The minimum absolute atomic E-state index is 0.229. The summed E-state index contributed by atoms with van der Waals surface area (Å²) < 4.78 is 3.47. The fourth-order valence-electron chi connectivity index (χ4n) is 4.91. The van der Waals surface area contributed by atoms with E-state index in [1.165, 1.54) is 0 Å². The number of carbonyl (C=O) groups excluding carboxylic acids is 1. The number of nitrogens with zero attached hydrogens (tertiary/aromatic N) is 6. The molecule has 8 heteroatoms. The lowest BCUT2D eigenvalue weighted by molar-refractivity contribution is 0.0952. The zero-order valence-corrected chi connectivity index (χ0v) is 22.3. The third kappa shape index (κ3) is 4.72. The number of para-hydroxylation sites is 1. The van der Waals surface area contributed by atoms with Crippen LogP contribution in [0.3, 0.4) is 0 Å². The minimum atomic E-state index is -0.239. The minimum Gasteiger partial charge on any atom is -0.346 e. The molecule has 0 aliphatic rings. The summed E-state index contributed by atoms with van der Waals surface area (Å²) in [6.45, 7) is 2.27. The second kappa shape index (κ2) is 10.2. The van der Waals surface area contributed by atoms with E-state index >= 15 is 0 Å². The van der Waals surface area contributed by atoms with Crippen LogP contribution in [0.15, 0.2) is 116 Å². The normalized spacial score (nSPS) is 11.2. The fourth-order valence-corrected chi connectivity index (χ4v) is 4.91. The number of pyridine rings is 1. The lowest BCUT2D eigenvalue weighted by Crippen LogP contribution is -2.23. The Morgan fingerprint density at radius 3 is 2.44 bits per heavy atom. The fraction of sp³-hybridized carbons (Fsp3) is 0.0606. The van der Waals surface area contributed by atoms with E-state index in [0.29, 0.717) is 28.0 Å². The van der Waals surface area contributed by atoms with Gasteiger partial charge >= 0.3 is 0 Å². The van der Waals surface area contributed by atoms with Gasteiger partial charge in [-0.25, -0.2) is 14.3 Å². The first-order valence-electron chi connectivity index (χ1n) is 13.3. The van der Waals surface area contributed by atoms with E-state index in [1.54, 1.807) is 15.6 Å². The monoisotopic (exact) mass is 535 g/mol. The molecule has 3 aromatic heterocycles. The molecule has 0 atom stereocenters. The number of hydrogen-bond acceptors (Lipinski definition) is 5. The van der Waals surface area contributed by atoms with Gasteiger partial charge in [-0.3, -0.25) is 4.79 Å². The Bertz CT molecular complexity index is 2020. The Balaban J connectivity index is 1.27. The summed E-state index contributed by atoms with van der Waals surface area (Å²) in [5, 5.41) is 19.0. The van der Waals surface area contributed by atoms with Gasteiger partial charge in [0.1, 0.15) is 5.69 Å². The van der Waals surface area contributed by atoms with Gasteiger partial charge in [0.2, 0.25) is 0 Å². The summed E-state index contributed by atoms with van der Waals surface area (Å²) in [7, 11) is 0. The summed E-state index contributed by atoms with van der Waals surface area (Å²) in [6, 6.07) is 34.0. The van der Waals surface area contributed by atoms with Crippen LogP contribution >= 0.6 is 0 Å². The summed E-state index contributed by atoms with van der Waals surface area (Å²) in [5.41, 5.74) is 6.29. The Morgan fingerprint density at radius 1 is 0.829 bits per heavy atom. The van der Waals surface area contributed by atoms with Crippen molar-refractivity contribution in [3.05, 3.63) is 132 Å². The number of carbonyl (C=O) groups is 1. The Labute approximate surface area is 235 Å². The molecule has 7 aromatic rings. The van der Waals surface area contributed by atoms with Crippen molar-refractivity contribution in [2.24, 2.45) is 0 Å². The number of benzene rings is 4. The first kappa shape index (κ1) is 24.4. The number of aromatic nitrogens is 6. The quantitative estimate of drug-likeness (QED) is 0.280. The SMILES string of the molecule is Cc1ccc(-n2ncc3c(C(=O)NCc4cn(-c5ccccc5)nn4)cc(-c4ccc5ccccc5c4)nc32)cc1. The van der Waals surface area contributed by atoms with Gasteiger partial charge < -0.3 is 5.32 Å². The number of amides is 1. The van der Waals surface area contributed by atoms with E-state index in [4.69, 9.17) is 4.98 Å². The van der Waals surface area contributed by atoms with Gasteiger partial charge in [0.15, 0.2) is 5.65 Å². The average Bonchev–Trinajstić information content (AvgIpc) is 3.68.